The van der Waals surface area contributed by atoms with E-state index in [-0.39, 0.29) is 11.1 Å². The van der Waals surface area contributed by atoms with Crippen LogP contribution >= 0.6 is 0 Å². The molecule has 0 aromatic heterocycles. The number of carbonyl (C=O) groups is 2. The Labute approximate surface area is 158 Å². The van der Waals surface area contributed by atoms with Crippen LogP contribution in [0, 0.1) is 5.92 Å². The molecule has 3 N–H and O–H groups in total. The van der Waals surface area contributed by atoms with Gasteiger partial charge in [0.15, 0.2) is 0 Å². The molecule has 0 amide bonds. The molecule has 2 aliphatic rings. The van der Waals surface area contributed by atoms with E-state index in [1.54, 1.807) is 13.0 Å². The highest BCUT2D eigenvalue weighted by molar-refractivity contribution is 5.92. The molecule has 7 nitrogen and oxygen atoms in total. The largest absolute Gasteiger partial charge is 0.458 e. The minimum atomic E-state index is -0.770. The lowest BCUT2D eigenvalue weighted by molar-refractivity contribution is -0.147. The quantitative estimate of drug-likeness (QED) is 0.379. The Bertz CT molecular complexity index is 701. The van der Waals surface area contributed by atoms with Crippen molar-refractivity contribution in [1.29, 1.82) is 0 Å². The fourth-order valence-electron chi connectivity index (χ4n) is 3.23. The first-order chi connectivity index (χ1) is 12.8. The summed E-state index contributed by atoms with van der Waals surface area (Å²) in [5, 5.41) is 28.5. The molecule has 0 bridgehead atoms. The van der Waals surface area contributed by atoms with Gasteiger partial charge in [0.1, 0.15) is 12.2 Å². The number of hydrogen-bond donors (Lipinski definition) is 3. The molecular formula is C20H26O7. The lowest BCUT2D eigenvalue weighted by atomic mass is 9.85. The minimum Gasteiger partial charge on any atom is -0.458 e. The highest BCUT2D eigenvalue weighted by Gasteiger charge is 2.44. The van der Waals surface area contributed by atoms with Crippen LogP contribution in [0.4, 0.5) is 0 Å². The monoisotopic (exact) mass is 378 g/mol. The van der Waals surface area contributed by atoms with E-state index in [0.717, 1.165) is 5.57 Å². The van der Waals surface area contributed by atoms with Crippen molar-refractivity contribution in [2.75, 3.05) is 13.2 Å². The van der Waals surface area contributed by atoms with Gasteiger partial charge < -0.3 is 24.8 Å². The predicted octanol–water partition coefficient (Wildman–Crippen LogP) is 0.954. The smallest absolute Gasteiger partial charge is 0.336 e. The average molecular weight is 378 g/mol. The van der Waals surface area contributed by atoms with Crippen LogP contribution in [0.3, 0.4) is 0 Å². The van der Waals surface area contributed by atoms with Gasteiger partial charge in [-0.1, -0.05) is 18.2 Å². The molecule has 4 atom stereocenters. The number of aliphatic hydroxyl groups is 3. The zero-order valence-electron chi connectivity index (χ0n) is 15.6. The van der Waals surface area contributed by atoms with Gasteiger partial charge in [-0.15, -0.1) is 0 Å². The van der Waals surface area contributed by atoms with Gasteiger partial charge in [-0.05, 0) is 38.0 Å². The number of carbonyl (C=O) groups excluding carboxylic acids is 2. The summed E-state index contributed by atoms with van der Waals surface area (Å²) in [5.41, 5.74) is 1.66. The molecule has 1 aliphatic carbocycles. The molecule has 7 heteroatoms. The first kappa shape index (κ1) is 21.1. The van der Waals surface area contributed by atoms with Crippen molar-refractivity contribution in [2.45, 2.75) is 45.0 Å². The maximum Gasteiger partial charge on any atom is 0.336 e. The van der Waals surface area contributed by atoms with Gasteiger partial charge in [-0.3, -0.25) is 0 Å². The minimum absolute atomic E-state index is 0.0641. The topological polar surface area (TPSA) is 113 Å². The van der Waals surface area contributed by atoms with Crippen LogP contribution in [0.5, 0.6) is 0 Å². The summed E-state index contributed by atoms with van der Waals surface area (Å²) in [6.45, 7) is 6.41. The van der Waals surface area contributed by atoms with E-state index in [9.17, 15) is 19.8 Å². The van der Waals surface area contributed by atoms with Gasteiger partial charge in [-0.2, -0.15) is 0 Å². The standard InChI is InChI=1S/C20H26O7/c1-11-4-5-15(23)12(2)9-17-18(13(3)19(24)26-17)16(8-11)27-20(25)14(10-22)6-7-21/h4,6,9,15-18,21-23H,3,5,7-8,10H2,1-2H3. The average Bonchev–Trinajstić information content (AvgIpc) is 2.89. The molecule has 1 heterocycles. The Kier molecular flexibility index (Phi) is 7.12. The van der Waals surface area contributed by atoms with Gasteiger partial charge in [0.2, 0.25) is 0 Å². The third kappa shape index (κ3) is 4.94. The Hall–Kier alpha value is -2.22. The Morgan fingerprint density at radius 1 is 1.41 bits per heavy atom. The summed E-state index contributed by atoms with van der Waals surface area (Å²) in [7, 11) is 0. The van der Waals surface area contributed by atoms with Crippen molar-refractivity contribution in [3.63, 3.8) is 0 Å². The van der Waals surface area contributed by atoms with E-state index < -0.39 is 49.4 Å². The van der Waals surface area contributed by atoms with E-state index in [2.05, 4.69) is 6.58 Å². The molecule has 27 heavy (non-hydrogen) atoms. The number of aliphatic hydroxyl groups excluding tert-OH is 3. The fraction of sp³-hybridized carbons (Fsp3) is 0.500. The van der Waals surface area contributed by atoms with Gasteiger partial charge in [0.25, 0.3) is 0 Å². The molecule has 1 aliphatic heterocycles. The van der Waals surface area contributed by atoms with Crippen molar-refractivity contribution in [2.24, 2.45) is 5.92 Å². The molecule has 0 aromatic rings. The molecule has 148 valence electrons. The molecule has 0 spiro atoms. The van der Waals surface area contributed by atoms with Crippen molar-refractivity contribution in [3.8, 4) is 0 Å². The Balaban J connectivity index is 2.40. The normalized spacial score (nSPS) is 29.4. The number of ether oxygens (including phenoxy) is 2. The SMILES string of the molecule is C=C1C(=O)OC2C=C(C)C(O)CC=C(C)CC(OC(=O)C(=CCO)CO)C12. The summed E-state index contributed by atoms with van der Waals surface area (Å²) in [6, 6.07) is 0. The third-order valence-electron chi connectivity index (χ3n) is 4.86. The highest BCUT2D eigenvalue weighted by Crippen LogP contribution is 2.36. The molecule has 2 rings (SSSR count). The molecular weight excluding hydrogens is 352 g/mol. The van der Waals surface area contributed by atoms with Gasteiger partial charge in [-0.25, -0.2) is 9.59 Å². The Morgan fingerprint density at radius 3 is 2.74 bits per heavy atom. The molecule has 0 aromatic carbocycles. The fourth-order valence-corrected chi connectivity index (χ4v) is 3.23. The van der Waals surface area contributed by atoms with Crippen molar-refractivity contribution in [1.82, 2.24) is 0 Å². The summed E-state index contributed by atoms with van der Waals surface area (Å²) >= 11 is 0. The molecule has 0 saturated carbocycles. The lowest BCUT2D eigenvalue weighted by Crippen LogP contribution is -2.34. The second-order valence-electron chi connectivity index (χ2n) is 6.85. The maximum atomic E-state index is 12.4. The zero-order chi connectivity index (χ0) is 20.1. The highest BCUT2D eigenvalue weighted by atomic mass is 16.6. The van der Waals surface area contributed by atoms with E-state index >= 15 is 0 Å². The van der Waals surface area contributed by atoms with Crippen LogP contribution in [0.2, 0.25) is 0 Å². The van der Waals surface area contributed by atoms with Crippen molar-refractivity contribution < 1.29 is 34.4 Å². The maximum absolute atomic E-state index is 12.4. The van der Waals surface area contributed by atoms with E-state index in [0.29, 0.717) is 18.4 Å². The van der Waals surface area contributed by atoms with Crippen LogP contribution in [0.1, 0.15) is 26.7 Å². The second kappa shape index (κ2) is 9.12. The van der Waals surface area contributed by atoms with E-state index in [1.165, 1.54) is 6.08 Å². The number of fused-ring (bicyclic) bond motifs is 1. The summed E-state index contributed by atoms with van der Waals surface area (Å²) < 4.78 is 11.0. The Morgan fingerprint density at radius 2 is 2.11 bits per heavy atom. The summed E-state index contributed by atoms with van der Waals surface area (Å²) in [4.78, 5) is 24.5. The summed E-state index contributed by atoms with van der Waals surface area (Å²) in [5.74, 6) is -1.95. The third-order valence-corrected chi connectivity index (χ3v) is 4.86. The molecule has 1 fully saturated rings. The van der Waals surface area contributed by atoms with Gasteiger partial charge in [0, 0.05) is 12.0 Å². The first-order valence-corrected chi connectivity index (χ1v) is 8.82. The molecule has 1 saturated heterocycles. The van der Waals surface area contributed by atoms with Crippen LogP contribution in [0.25, 0.3) is 0 Å². The lowest BCUT2D eigenvalue weighted by Gasteiger charge is -2.28. The zero-order valence-corrected chi connectivity index (χ0v) is 15.6. The summed E-state index contributed by atoms with van der Waals surface area (Å²) in [6.07, 6.45) is 3.27. The number of hydrogen-bond acceptors (Lipinski definition) is 7. The van der Waals surface area contributed by atoms with E-state index in [4.69, 9.17) is 14.6 Å². The van der Waals surface area contributed by atoms with Crippen LogP contribution in [-0.4, -0.2) is 58.8 Å². The molecule has 4 unspecified atom stereocenters. The van der Waals surface area contributed by atoms with Gasteiger partial charge in [0.05, 0.1) is 30.8 Å². The second-order valence-corrected chi connectivity index (χ2v) is 6.85. The van der Waals surface area contributed by atoms with E-state index in [1.807, 2.05) is 13.0 Å². The van der Waals surface area contributed by atoms with Crippen LogP contribution in [0.15, 0.2) is 47.1 Å². The first-order valence-electron chi connectivity index (χ1n) is 8.82. The van der Waals surface area contributed by atoms with Gasteiger partial charge >= 0.3 is 11.9 Å². The number of esters is 2. The predicted molar refractivity (Wildman–Crippen MR) is 97.4 cm³/mol. The number of rotatable bonds is 4. The van der Waals surface area contributed by atoms with Crippen molar-refractivity contribution >= 4 is 11.9 Å². The van der Waals surface area contributed by atoms with Crippen molar-refractivity contribution in [3.05, 3.63) is 47.1 Å². The van der Waals surface area contributed by atoms with Crippen LogP contribution < -0.4 is 0 Å². The van der Waals surface area contributed by atoms with Crippen LogP contribution in [-0.2, 0) is 19.1 Å². The molecule has 0 radical (unpaired) electrons.